The Morgan fingerprint density at radius 3 is 2.86 bits per heavy atom. The molecule has 0 aromatic carbocycles. The van der Waals surface area contributed by atoms with Crippen molar-refractivity contribution < 1.29 is 9.53 Å². The summed E-state index contributed by atoms with van der Waals surface area (Å²) in [7, 11) is 0. The third-order valence-electron chi connectivity index (χ3n) is 3.80. The molecule has 0 radical (unpaired) electrons. The highest BCUT2D eigenvalue weighted by Crippen LogP contribution is 2.32. The first-order valence-corrected chi connectivity index (χ1v) is 8.16. The van der Waals surface area contributed by atoms with E-state index in [0.29, 0.717) is 24.7 Å². The van der Waals surface area contributed by atoms with Crippen LogP contribution in [0.2, 0.25) is 0 Å². The van der Waals surface area contributed by atoms with Crippen LogP contribution in [0, 0.1) is 0 Å². The van der Waals surface area contributed by atoms with Gasteiger partial charge in [0.25, 0.3) is 5.56 Å². The SMILES string of the molecule is C[C@@H]1CN(C(=O)C[C@@H]2CSc3nccc(=O)n32)C[C@H](C)O1. The molecule has 114 valence electrons. The third-order valence-corrected chi connectivity index (χ3v) is 4.91. The molecule has 1 aromatic rings. The van der Waals surface area contributed by atoms with Gasteiger partial charge >= 0.3 is 0 Å². The minimum Gasteiger partial charge on any atom is -0.372 e. The number of carbonyl (C=O) groups is 1. The summed E-state index contributed by atoms with van der Waals surface area (Å²) >= 11 is 1.54. The fourth-order valence-electron chi connectivity index (χ4n) is 2.95. The molecule has 1 aromatic heterocycles. The molecule has 3 atom stereocenters. The first kappa shape index (κ1) is 14.6. The van der Waals surface area contributed by atoms with Gasteiger partial charge in [-0.25, -0.2) is 4.98 Å². The maximum atomic E-state index is 12.5. The maximum Gasteiger partial charge on any atom is 0.254 e. The molecule has 0 spiro atoms. The van der Waals surface area contributed by atoms with E-state index in [1.54, 1.807) is 4.57 Å². The number of hydrogen-bond donors (Lipinski definition) is 0. The van der Waals surface area contributed by atoms with Crippen molar-refractivity contribution in [2.45, 2.75) is 43.7 Å². The molecule has 2 aliphatic rings. The first-order valence-electron chi connectivity index (χ1n) is 7.18. The van der Waals surface area contributed by atoms with Crippen molar-refractivity contribution in [3.8, 4) is 0 Å². The average molecular weight is 309 g/mol. The van der Waals surface area contributed by atoms with E-state index in [-0.39, 0.29) is 29.7 Å². The molecule has 21 heavy (non-hydrogen) atoms. The molecule has 2 aliphatic heterocycles. The number of nitrogens with zero attached hydrogens (tertiary/aromatic N) is 3. The van der Waals surface area contributed by atoms with E-state index in [9.17, 15) is 9.59 Å². The number of ether oxygens (including phenoxy) is 1. The molecule has 0 saturated carbocycles. The summed E-state index contributed by atoms with van der Waals surface area (Å²) in [4.78, 5) is 30.5. The van der Waals surface area contributed by atoms with Crippen molar-refractivity contribution >= 4 is 17.7 Å². The number of morpholine rings is 1. The highest BCUT2D eigenvalue weighted by Gasteiger charge is 2.31. The van der Waals surface area contributed by atoms with Gasteiger partial charge in [0.15, 0.2) is 5.16 Å². The van der Waals surface area contributed by atoms with Gasteiger partial charge < -0.3 is 9.64 Å². The van der Waals surface area contributed by atoms with Crippen LogP contribution < -0.4 is 5.56 Å². The molecule has 0 aliphatic carbocycles. The summed E-state index contributed by atoms with van der Waals surface area (Å²) in [6.45, 7) is 5.20. The van der Waals surface area contributed by atoms with Gasteiger partial charge in [0.05, 0.1) is 18.2 Å². The molecule has 7 heteroatoms. The molecule has 1 saturated heterocycles. The minimum atomic E-state index is -0.0906. The Morgan fingerprint density at radius 2 is 2.14 bits per heavy atom. The number of aromatic nitrogens is 2. The lowest BCUT2D eigenvalue weighted by atomic mass is 10.1. The fourth-order valence-corrected chi connectivity index (χ4v) is 4.07. The van der Waals surface area contributed by atoms with Crippen LogP contribution in [0.15, 0.2) is 22.2 Å². The largest absolute Gasteiger partial charge is 0.372 e. The molecule has 0 bridgehead atoms. The van der Waals surface area contributed by atoms with Crippen molar-refractivity contribution in [1.82, 2.24) is 14.5 Å². The van der Waals surface area contributed by atoms with Gasteiger partial charge in [-0.2, -0.15) is 0 Å². The zero-order valence-corrected chi connectivity index (χ0v) is 13.0. The minimum absolute atomic E-state index is 0.0623. The number of thioether (sulfide) groups is 1. The molecule has 1 amide bonds. The summed E-state index contributed by atoms with van der Waals surface area (Å²) in [5.41, 5.74) is -0.0773. The van der Waals surface area contributed by atoms with Crippen molar-refractivity contribution in [3.63, 3.8) is 0 Å². The van der Waals surface area contributed by atoms with Gasteiger partial charge in [0.2, 0.25) is 5.91 Å². The highest BCUT2D eigenvalue weighted by molar-refractivity contribution is 7.99. The molecular weight excluding hydrogens is 290 g/mol. The topological polar surface area (TPSA) is 64.4 Å². The zero-order chi connectivity index (χ0) is 15.0. The molecule has 0 N–H and O–H groups in total. The Kier molecular flexibility index (Phi) is 4.03. The average Bonchev–Trinajstić information content (AvgIpc) is 2.82. The summed E-state index contributed by atoms with van der Waals surface area (Å²) in [6, 6.07) is 1.36. The van der Waals surface area contributed by atoms with Gasteiger partial charge in [-0.3, -0.25) is 14.2 Å². The van der Waals surface area contributed by atoms with E-state index in [1.165, 1.54) is 24.0 Å². The van der Waals surface area contributed by atoms with Crippen LogP contribution in [-0.2, 0) is 9.53 Å². The van der Waals surface area contributed by atoms with E-state index in [1.807, 2.05) is 18.7 Å². The number of hydrogen-bond acceptors (Lipinski definition) is 5. The van der Waals surface area contributed by atoms with Gasteiger partial charge in [-0.1, -0.05) is 11.8 Å². The summed E-state index contributed by atoms with van der Waals surface area (Å²) in [5.74, 6) is 0.819. The number of amides is 1. The van der Waals surface area contributed by atoms with Crippen LogP contribution in [0.1, 0.15) is 26.3 Å². The molecule has 3 heterocycles. The van der Waals surface area contributed by atoms with E-state index < -0.39 is 0 Å². The highest BCUT2D eigenvalue weighted by atomic mass is 32.2. The second kappa shape index (κ2) is 5.81. The summed E-state index contributed by atoms with van der Waals surface area (Å²) in [5, 5.41) is 0.712. The Bertz CT molecular complexity index is 593. The van der Waals surface area contributed by atoms with E-state index >= 15 is 0 Å². The predicted molar refractivity (Wildman–Crippen MR) is 79.5 cm³/mol. The van der Waals surface area contributed by atoms with Crippen molar-refractivity contribution in [2.75, 3.05) is 18.8 Å². The van der Waals surface area contributed by atoms with Gasteiger partial charge in [0, 0.05) is 37.5 Å². The standard InChI is InChI=1S/C14H19N3O3S/c1-9-6-16(7-10(2)20-9)13(19)5-11-8-21-14-15-4-3-12(18)17(11)14/h3-4,9-11H,5-8H2,1-2H3/t9-,10+,11-/m1/s1. The quantitative estimate of drug-likeness (QED) is 0.760. The number of rotatable bonds is 2. The third kappa shape index (κ3) is 2.98. The normalized spacial score (nSPS) is 28.5. The van der Waals surface area contributed by atoms with Crippen molar-refractivity contribution in [1.29, 1.82) is 0 Å². The monoisotopic (exact) mass is 309 g/mol. The summed E-state index contributed by atoms with van der Waals surface area (Å²) in [6.07, 6.45) is 2.00. The van der Waals surface area contributed by atoms with Gasteiger partial charge in [0.1, 0.15) is 0 Å². The molecule has 0 unspecified atom stereocenters. The molecular formula is C14H19N3O3S. The second-order valence-corrected chi connectivity index (χ2v) is 6.65. The smallest absolute Gasteiger partial charge is 0.254 e. The summed E-state index contributed by atoms with van der Waals surface area (Å²) < 4.78 is 7.30. The lowest BCUT2D eigenvalue weighted by molar-refractivity contribution is -0.143. The van der Waals surface area contributed by atoms with Crippen LogP contribution in [0.25, 0.3) is 0 Å². The van der Waals surface area contributed by atoms with Crippen LogP contribution >= 0.6 is 11.8 Å². The Balaban J connectivity index is 1.71. The van der Waals surface area contributed by atoms with E-state index in [0.717, 1.165) is 5.75 Å². The van der Waals surface area contributed by atoms with Gasteiger partial charge in [-0.05, 0) is 13.8 Å². The molecule has 6 nitrogen and oxygen atoms in total. The maximum absolute atomic E-state index is 12.5. The Hall–Kier alpha value is -1.34. The van der Waals surface area contributed by atoms with Crippen molar-refractivity contribution in [3.05, 3.63) is 22.6 Å². The fraction of sp³-hybridized carbons (Fsp3) is 0.643. The Labute approximate surface area is 127 Å². The zero-order valence-electron chi connectivity index (χ0n) is 12.2. The molecule has 1 fully saturated rings. The molecule has 3 rings (SSSR count). The van der Waals surface area contributed by atoms with Crippen LogP contribution in [0.4, 0.5) is 0 Å². The first-order chi connectivity index (χ1) is 10.0. The van der Waals surface area contributed by atoms with Crippen LogP contribution in [0.5, 0.6) is 0 Å². The van der Waals surface area contributed by atoms with E-state index in [2.05, 4.69) is 4.98 Å². The lowest BCUT2D eigenvalue weighted by Crippen LogP contribution is -2.48. The lowest BCUT2D eigenvalue weighted by Gasteiger charge is -2.35. The Morgan fingerprint density at radius 1 is 1.43 bits per heavy atom. The predicted octanol–water partition coefficient (Wildman–Crippen LogP) is 0.916. The van der Waals surface area contributed by atoms with Crippen molar-refractivity contribution in [2.24, 2.45) is 0 Å². The van der Waals surface area contributed by atoms with E-state index in [4.69, 9.17) is 4.74 Å². The number of carbonyl (C=O) groups excluding carboxylic acids is 1. The number of fused-ring (bicyclic) bond motifs is 1. The van der Waals surface area contributed by atoms with Crippen LogP contribution in [-0.4, -0.2) is 51.4 Å². The second-order valence-electron chi connectivity index (χ2n) is 5.66. The van der Waals surface area contributed by atoms with Crippen LogP contribution in [0.3, 0.4) is 0 Å². The van der Waals surface area contributed by atoms with Gasteiger partial charge in [-0.15, -0.1) is 0 Å².